The van der Waals surface area contributed by atoms with Crippen LogP contribution in [0.25, 0.3) is 12.2 Å². The average Bonchev–Trinajstić information content (AvgIpc) is 3.17. The van der Waals surface area contributed by atoms with E-state index in [2.05, 4.69) is 12.2 Å². The molecule has 0 unspecified atom stereocenters. The molecule has 2 nitrogen and oxygen atoms in total. The molecule has 0 aromatic heterocycles. The molecule has 3 aliphatic carbocycles. The predicted molar refractivity (Wildman–Crippen MR) is 85.2 cm³/mol. The van der Waals surface area contributed by atoms with E-state index in [1.165, 1.54) is 0 Å². The maximum absolute atomic E-state index is 12.9. The quantitative estimate of drug-likeness (QED) is 0.632. The van der Waals surface area contributed by atoms with Crippen LogP contribution >= 0.6 is 0 Å². The molecule has 0 saturated carbocycles. The number of allylic oxidation sites excluding steroid dienone is 2. The van der Waals surface area contributed by atoms with E-state index in [0.29, 0.717) is 22.3 Å². The van der Waals surface area contributed by atoms with E-state index < -0.39 is 0 Å². The summed E-state index contributed by atoms with van der Waals surface area (Å²) in [5.74, 6) is -0.0511. The molecule has 0 heterocycles. The zero-order valence-corrected chi connectivity index (χ0v) is 11.8. The highest BCUT2D eigenvalue weighted by Gasteiger charge is 2.32. The normalized spacial score (nSPS) is 16.5. The Labute approximate surface area is 127 Å². The second-order valence-corrected chi connectivity index (χ2v) is 6.06. The van der Waals surface area contributed by atoms with Gasteiger partial charge in [-0.3, -0.25) is 9.59 Å². The molecule has 0 radical (unpaired) electrons. The second kappa shape index (κ2) is 3.92. The van der Waals surface area contributed by atoms with Crippen LogP contribution in [0.1, 0.15) is 54.1 Å². The summed E-state index contributed by atoms with van der Waals surface area (Å²) in [7, 11) is 0. The first-order chi connectivity index (χ1) is 10.7. The first-order valence-electron chi connectivity index (χ1n) is 7.49. The Balaban J connectivity index is 1.78. The molecule has 104 valence electrons. The lowest BCUT2D eigenvalue weighted by molar-refractivity contribution is 0.0979. The summed E-state index contributed by atoms with van der Waals surface area (Å²) < 4.78 is 0. The number of rotatable bonds is 0. The number of fused-ring (bicyclic) bond motifs is 4. The third-order valence-electron chi connectivity index (χ3n) is 4.81. The number of hydrogen-bond acceptors (Lipinski definition) is 2. The lowest BCUT2D eigenvalue weighted by Crippen LogP contribution is -2.22. The summed E-state index contributed by atoms with van der Waals surface area (Å²) in [6.07, 6.45) is 9.85. The van der Waals surface area contributed by atoms with Crippen molar-refractivity contribution in [1.29, 1.82) is 0 Å². The monoisotopic (exact) mass is 284 g/mol. The van der Waals surface area contributed by atoms with Gasteiger partial charge in [-0.25, -0.2) is 0 Å². The Kier molecular flexibility index (Phi) is 2.11. The molecule has 0 fully saturated rings. The van der Waals surface area contributed by atoms with Gasteiger partial charge >= 0.3 is 0 Å². The third-order valence-corrected chi connectivity index (χ3v) is 4.81. The van der Waals surface area contributed by atoms with Crippen LogP contribution in [-0.4, -0.2) is 11.6 Å². The minimum Gasteiger partial charge on any atom is -0.289 e. The van der Waals surface area contributed by atoms with Crippen molar-refractivity contribution in [3.05, 3.63) is 80.9 Å². The number of carbonyl (C=O) groups excluding carboxylic acids is 2. The molecule has 5 rings (SSSR count). The van der Waals surface area contributed by atoms with Crippen molar-refractivity contribution in [3.63, 3.8) is 0 Å². The van der Waals surface area contributed by atoms with Gasteiger partial charge in [0.05, 0.1) is 0 Å². The van der Waals surface area contributed by atoms with Crippen molar-refractivity contribution in [2.75, 3.05) is 0 Å². The van der Waals surface area contributed by atoms with Gasteiger partial charge in [-0.1, -0.05) is 24.3 Å². The molecular weight excluding hydrogens is 272 g/mol. The van der Waals surface area contributed by atoms with E-state index in [9.17, 15) is 9.59 Å². The molecular formula is C20H12O2. The SMILES string of the molecule is O=C1c2cc3c(cc2C(=O)c2cc4c(cc21)CC=C4)CC=C3. The Morgan fingerprint density at radius 1 is 0.591 bits per heavy atom. The van der Waals surface area contributed by atoms with Crippen molar-refractivity contribution < 1.29 is 9.59 Å². The Hall–Kier alpha value is -2.74. The predicted octanol–water partition coefficient (Wildman–Crippen LogP) is 3.60. The fourth-order valence-electron chi connectivity index (χ4n) is 3.65. The number of benzene rings is 2. The molecule has 0 atom stereocenters. The number of hydrogen-bond donors (Lipinski definition) is 0. The Bertz CT molecular complexity index is 879. The Morgan fingerprint density at radius 3 is 1.45 bits per heavy atom. The van der Waals surface area contributed by atoms with Gasteiger partial charge in [-0.15, -0.1) is 0 Å². The van der Waals surface area contributed by atoms with E-state index in [4.69, 9.17) is 0 Å². The minimum absolute atomic E-state index is 0.0256. The van der Waals surface area contributed by atoms with E-state index in [-0.39, 0.29) is 11.6 Å². The van der Waals surface area contributed by atoms with Crippen LogP contribution in [0.4, 0.5) is 0 Å². The van der Waals surface area contributed by atoms with Gasteiger partial charge in [-0.05, 0) is 59.4 Å². The van der Waals surface area contributed by atoms with Crippen molar-refractivity contribution in [2.45, 2.75) is 12.8 Å². The number of ketones is 2. The summed E-state index contributed by atoms with van der Waals surface area (Å²) in [6, 6.07) is 7.56. The Morgan fingerprint density at radius 2 is 1.00 bits per heavy atom. The second-order valence-electron chi connectivity index (χ2n) is 6.06. The zero-order valence-electron chi connectivity index (χ0n) is 11.8. The van der Waals surface area contributed by atoms with Crippen molar-refractivity contribution in [1.82, 2.24) is 0 Å². The van der Waals surface area contributed by atoms with Gasteiger partial charge in [0.15, 0.2) is 11.6 Å². The average molecular weight is 284 g/mol. The standard InChI is InChI=1S/C20H12O2/c21-19-15-7-11-3-1-4-12(11)8-16(15)20(22)18-10-14-6-2-5-13(14)9-17(18)19/h1-3,6-10H,4-5H2. The van der Waals surface area contributed by atoms with E-state index in [1.807, 2.05) is 36.4 Å². The molecule has 0 bridgehead atoms. The molecule has 2 aromatic carbocycles. The fraction of sp³-hybridized carbons (Fsp3) is 0.100. The number of carbonyl (C=O) groups is 2. The molecule has 0 amide bonds. The van der Waals surface area contributed by atoms with Gasteiger partial charge < -0.3 is 0 Å². The summed E-state index contributed by atoms with van der Waals surface area (Å²) in [6.45, 7) is 0. The van der Waals surface area contributed by atoms with Crippen LogP contribution in [0.5, 0.6) is 0 Å². The van der Waals surface area contributed by atoms with Crippen LogP contribution in [-0.2, 0) is 12.8 Å². The maximum atomic E-state index is 12.9. The first-order valence-corrected chi connectivity index (χ1v) is 7.49. The smallest absolute Gasteiger partial charge is 0.194 e. The lowest BCUT2D eigenvalue weighted by Gasteiger charge is -2.20. The molecule has 2 aromatic rings. The van der Waals surface area contributed by atoms with Crippen LogP contribution in [0.2, 0.25) is 0 Å². The first kappa shape index (κ1) is 11.9. The molecule has 3 aliphatic rings. The van der Waals surface area contributed by atoms with E-state index in [1.54, 1.807) is 0 Å². The van der Waals surface area contributed by atoms with Crippen LogP contribution in [0.3, 0.4) is 0 Å². The van der Waals surface area contributed by atoms with Crippen LogP contribution in [0, 0.1) is 0 Å². The third kappa shape index (κ3) is 1.39. The summed E-state index contributed by atoms with van der Waals surface area (Å²) in [5.41, 5.74) is 6.59. The van der Waals surface area contributed by atoms with Gasteiger partial charge in [0.2, 0.25) is 0 Å². The van der Waals surface area contributed by atoms with Gasteiger partial charge in [0, 0.05) is 22.3 Å². The molecule has 0 aliphatic heterocycles. The fourth-order valence-corrected chi connectivity index (χ4v) is 3.65. The zero-order chi connectivity index (χ0) is 14.8. The van der Waals surface area contributed by atoms with Crippen molar-refractivity contribution in [2.24, 2.45) is 0 Å². The minimum atomic E-state index is -0.0256. The molecule has 2 heteroatoms. The van der Waals surface area contributed by atoms with E-state index in [0.717, 1.165) is 35.1 Å². The topological polar surface area (TPSA) is 34.1 Å². The van der Waals surface area contributed by atoms with Gasteiger partial charge in [0.25, 0.3) is 0 Å². The highest BCUT2D eigenvalue weighted by atomic mass is 16.1. The highest BCUT2D eigenvalue weighted by Crippen LogP contribution is 2.34. The van der Waals surface area contributed by atoms with Crippen molar-refractivity contribution >= 4 is 23.7 Å². The van der Waals surface area contributed by atoms with E-state index >= 15 is 0 Å². The summed E-state index contributed by atoms with van der Waals surface area (Å²) in [4.78, 5) is 25.7. The molecule has 0 N–H and O–H groups in total. The molecule has 22 heavy (non-hydrogen) atoms. The van der Waals surface area contributed by atoms with Crippen molar-refractivity contribution in [3.8, 4) is 0 Å². The molecule has 0 spiro atoms. The van der Waals surface area contributed by atoms with Gasteiger partial charge in [-0.2, -0.15) is 0 Å². The maximum Gasteiger partial charge on any atom is 0.194 e. The summed E-state index contributed by atoms with van der Waals surface area (Å²) >= 11 is 0. The van der Waals surface area contributed by atoms with Crippen LogP contribution < -0.4 is 0 Å². The molecule has 0 saturated heterocycles. The lowest BCUT2D eigenvalue weighted by atomic mass is 9.81. The van der Waals surface area contributed by atoms with Gasteiger partial charge in [0.1, 0.15) is 0 Å². The largest absolute Gasteiger partial charge is 0.289 e. The summed E-state index contributed by atoms with van der Waals surface area (Å²) in [5, 5.41) is 0. The van der Waals surface area contributed by atoms with Crippen LogP contribution in [0.15, 0.2) is 36.4 Å². The highest BCUT2D eigenvalue weighted by molar-refractivity contribution is 6.28.